The summed E-state index contributed by atoms with van der Waals surface area (Å²) in [5.41, 5.74) is 2.22. The molecule has 0 saturated carbocycles. The van der Waals surface area contributed by atoms with Crippen LogP contribution in [0.5, 0.6) is 0 Å². The Kier molecular flexibility index (Phi) is 4.19. The number of hydrogen-bond donors (Lipinski definition) is 1. The molecule has 0 fully saturated rings. The summed E-state index contributed by atoms with van der Waals surface area (Å²) in [7, 11) is 0. The van der Waals surface area contributed by atoms with Crippen LogP contribution in [0.3, 0.4) is 0 Å². The first-order valence-electron chi connectivity index (χ1n) is 7.47. The highest BCUT2D eigenvalue weighted by molar-refractivity contribution is 5.99. The van der Waals surface area contributed by atoms with E-state index in [2.05, 4.69) is 29.4 Å². The molecule has 1 aromatic heterocycles. The smallest absolute Gasteiger partial charge is 0.278 e. The molecule has 1 heterocycles. The predicted octanol–water partition coefficient (Wildman–Crippen LogP) is 4.36. The van der Waals surface area contributed by atoms with E-state index >= 15 is 0 Å². The van der Waals surface area contributed by atoms with E-state index in [0.717, 1.165) is 17.6 Å². The van der Waals surface area contributed by atoms with Gasteiger partial charge in [0.1, 0.15) is 0 Å². The molecule has 0 bridgehead atoms. The lowest BCUT2D eigenvalue weighted by molar-refractivity contribution is -0.383. The Balaban J connectivity index is 1.87. The molecule has 116 valence electrons. The summed E-state index contributed by atoms with van der Waals surface area (Å²) >= 11 is 0. The molecule has 3 rings (SSSR count). The van der Waals surface area contributed by atoms with E-state index in [-0.39, 0.29) is 10.6 Å². The van der Waals surface area contributed by atoms with Gasteiger partial charge in [0, 0.05) is 36.1 Å². The quantitative estimate of drug-likeness (QED) is 0.562. The van der Waals surface area contributed by atoms with Crippen LogP contribution >= 0.6 is 0 Å². The summed E-state index contributed by atoms with van der Waals surface area (Å²) in [4.78, 5) is 14.8. The molecular formula is C18H17N3O2. The van der Waals surface area contributed by atoms with Gasteiger partial charge in [-0.3, -0.25) is 15.1 Å². The van der Waals surface area contributed by atoms with Gasteiger partial charge in [-0.25, -0.2) is 0 Å². The van der Waals surface area contributed by atoms with E-state index in [1.165, 1.54) is 11.6 Å². The first-order valence-corrected chi connectivity index (χ1v) is 7.47. The number of non-ortho nitro benzene ring substituents is 1. The number of benzene rings is 2. The topological polar surface area (TPSA) is 68.1 Å². The van der Waals surface area contributed by atoms with Crippen molar-refractivity contribution in [3.05, 3.63) is 76.6 Å². The fraction of sp³-hybridized carbons (Fsp3) is 0.167. The van der Waals surface area contributed by atoms with E-state index in [4.69, 9.17) is 0 Å². The highest BCUT2D eigenvalue weighted by Crippen LogP contribution is 2.31. The maximum absolute atomic E-state index is 11.1. The number of fused-ring (bicyclic) bond motifs is 1. The molecule has 5 nitrogen and oxygen atoms in total. The van der Waals surface area contributed by atoms with Crippen LogP contribution in [-0.4, -0.2) is 16.5 Å². The normalized spacial score (nSPS) is 12.0. The number of anilines is 1. The molecule has 3 aromatic rings. The molecular weight excluding hydrogens is 290 g/mol. The first-order chi connectivity index (χ1) is 11.2. The Labute approximate surface area is 134 Å². The fourth-order valence-corrected chi connectivity index (χ4v) is 2.65. The molecule has 1 atom stereocenters. The molecule has 0 radical (unpaired) electrons. The van der Waals surface area contributed by atoms with Gasteiger partial charge in [-0.15, -0.1) is 0 Å². The second-order valence-electron chi connectivity index (χ2n) is 5.50. The second kappa shape index (κ2) is 6.44. The highest BCUT2D eigenvalue weighted by atomic mass is 16.6. The van der Waals surface area contributed by atoms with Crippen molar-refractivity contribution in [1.82, 2.24) is 4.98 Å². The Morgan fingerprint density at radius 2 is 1.91 bits per heavy atom. The summed E-state index contributed by atoms with van der Waals surface area (Å²) in [6, 6.07) is 15.3. The number of nitrogens with one attached hydrogen (secondary N) is 1. The third-order valence-electron chi connectivity index (χ3n) is 3.96. The third-order valence-corrected chi connectivity index (χ3v) is 3.96. The minimum Gasteiger partial charge on any atom is -0.384 e. The maximum Gasteiger partial charge on any atom is 0.278 e. The molecule has 0 spiro atoms. The predicted molar refractivity (Wildman–Crippen MR) is 91.7 cm³/mol. The van der Waals surface area contributed by atoms with Crippen LogP contribution in [0.15, 0.2) is 60.9 Å². The van der Waals surface area contributed by atoms with Crippen LogP contribution in [-0.2, 0) is 0 Å². The van der Waals surface area contributed by atoms with Crippen molar-refractivity contribution in [2.75, 3.05) is 11.9 Å². The van der Waals surface area contributed by atoms with Gasteiger partial charge in [-0.05, 0) is 23.6 Å². The monoisotopic (exact) mass is 307 g/mol. The lowest BCUT2D eigenvalue weighted by Gasteiger charge is -2.15. The number of nitro groups is 1. The summed E-state index contributed by atoms with van der Waals surface area (Å²) in [5.74, 6) is 0.336. The third kappa shape index (κ3) is 3.13. The van der Waals surface area contributed by atoms with Crippen molar-refractivity contribution in [2.45, 2.75) is 12.8 Å². The van der Waals surface area contributed by atoms with Crippen molar-refractivity contribution in [1.29, 1.82) is 0 Å². The van der Waals surface area contributed by atoms with Crippen molar-refractivity contribution < 1.29 is 4.92 Å². The standard InChI is InChI=1S/C18H17N3O2/c1-13(14-5-3-2-4-6-14)11-20-17-7-8-18(21(22)23)16-12-19-10-9-15(16)17/h2-10,12-13,20H,11H2,1H3/t13-/m0/s1. The van der Waals surface area contributed by atoms with Crippen LogP contribution in [0, 0.1) is 10.1 Å². The van der Waals surface area contributed by atoms with Gasteiger partial charge in [-0.1, -0.05) is 37.3 Å². The lowest BCUT2D eigenvalue weighted by atomic mass is 10.0. The average Bonchev–Trinajstić information content (AvgIpc) is 2.59. The molecule has 0 aliphatic rings. The van der Waals surface area contributed by atoms with Gasteiger partial charge in [0.05, 0.1) is 10.3 Å². The zero-order valence-corrected chi connectivity index (χ0v) is 12.8. The molecule has 1 N–H and O–H groups in total. The zero-order valence-electron chi connectivity index (χ0n) is 12.8. The average molecular weight is 307 g/mol. The number of nitro benzene ring substituents is 1. The van der Waals surface area contributed by atoms with Crippen LogP contribution in [0.25, 0.3) is 10.8 Å². The lowest BCUT2D eigenvalue weighted by Crippen LogP contribution is -2.10. The number of hydrogen-bond acceptors (Lipinski definition) is 4. The SMILES string of the molecule is C[C@@H](CNc1ccc([N+](=O)[O-])c2cnccc12)c1ccccc1. The van der Waals surface area contributed by atoms with E-state index in [0.29, 0.717) is 11.3 Å². The molecule has 0 aliphatic heterocycles. The van der Waals surface area contributed by atoms with E-state index in [9.17, 15) is 10.1 Å². The molecule has 2 aromatic carbocycles. The van der Waals surface area contributed by atoms with E-state index < -0.39 is 0 Å². The van der Waals surface area contributed by atoms with Crippen LogP contribution in [0.4, 0.5) is 11.4 Å². The van der Waals surface area contributed by atoms with E-state index in [1.54, 1.807) is 24.5 Å². The maximum atomic E-state index is 11.1. The van der Waals surface area contributed by atoms with Gasteiger partial charge >= 0.3 is 0 Å². The molecule has 0 unspecified atom stereocenters. The minimum atomic E-state index is -0.375. The second-order valence-corrected chi connectivity index (χ2v) is 5.50. The number of rotatable bonds is 5. The van der Waals surface area contributed by atoms with Crippen molar-refractivity contribution in [3.63, 3.8) is 0 Å². The fourth-order valence-electron chi connectivity index (χ4n) is 2.65. The molecule has 5 heteroatoms. The van der Waals surface area contributed by atoms with Gasteiger partial charge < -0.3 is 5.32 Å². The van der Waals surface area contributed by atoms with Gasteiger partial charge in [0.2, 0.25) is 0 Å². The van der Waals surface area contributed by atoms with Gasteiger partial charge in [0.15, 0.2) is 0 Å². The summed E-state index contributed by atoms with van der Waals surface area (Å²) in [6.45, 7) is 2.90. The summed E-state index contributed by atoms with van der Waals surface area (Å²) in [5, 5.41) is 15.9. The Morgan fingerprint density at radius 1 is 1.13 bits per heavy atom. The zero-order chi connectivity index (χ0) is 16.2. The summed E-state index contributed by atoms with van der Waals surface area (Å²) in [6.07, 6.45) is 3.19. The summed E-state index contributed by atoms with van der Waals surface area (Å²) < 4.78 is 0. The van der Waals surface area contributed by atoms with Crippen molar-refractivity contribution in [2.24, 2.45) is 0 Å². The van der Waals surface area contributed by atoms with Crippen LogP contribution in [0.1, 0.15) is 18.4 Å². The molecule has 23 heavy (non-hydrogen) atoms. The molecule has 0 aliphatic carbocycles. The number of aromatic nitrogens is 1. The largest absolute Gasteiger partial charge is 0.384 e. The number of pyridine rings is 1. The number of nitrogens with zero attached hydrogens (tertiary/aromatic N) is 2. The molecule has 0 amide bonds. The Hall–Kier alpha value is -2.95. The van der Waals surface area contributed by atoms with Crippen LogP contribution < -0.4 is 5.32 Å². The Bertz CT molecular complexity index is 834. The Morgan fingerprint density at radius 3 is 2.65 bits per heavy atom. The van der Waals surface area contributed by atoms with Crippen LogP contribution in [0.2, 0.25) is 0 Å². The van der Waals surface area contributed by atoms with Gasteiger partial charge in [0.25, 0.3) is 5.69 Å². The van der Waals surface area contributed by atoms with Crippen molar-refractivity contribution >= 4 is 22.1 Å². The van der Waals surface area contributed by atoms with Gasteiger partial charge in [-0.2, -0.15) is 0 Å². The van der Waals surface area contributed by atoms with Crippen molar-refractivity contribution in [3.8, 4) is 0 Å². The highest BCUT2D eigenvalue weighted by Gasteiger charge is 2.14. The first kappa shape index (κ1) is 15.0. The molecule has 0 saturated heterocycles. The van der Waals surface area contributed by atoms with E-state index in [1.807, 2.05) is 18.2 Å². The minimum absolute atomic E-state index is 0.0785.